The monoisotopic (exact) mass is 328 g/mol. The van der Waals surface area contributed by atoms with E-state index in [1.165, 1.54) is 24.3 Å². The molecule has 1 heterocycles. The molecule has 0 amide bonds. The van der Waals surface area contributed by atoms with Gasteiger partial charge in [-0.05, 0) is 29.8 Å². The van der Waals surface area contributed by atoms with Crippen molar-refractivity contribution in [1.82, 2.24) is 0 Å². The molecule has 2 aromatic rings. The highest BCUT2D eigenvalue weighted by molar-refractivity contribution is 6.31. The van der Waals surface area contributed by atoms with Gasteiger partial charge in [-0.15, -0.1) is 0 Å². The molecule has 3 rings (SSSR count). The topological polar surface area (TPSA) is 81.8 Å². The summed E-state index contributed by atoms with van der Waals surface area (Å²) >= 11 is 5.90. The predicted molar refractivity (Wildman–Crippen MR) is 85.2 cm³/mol. The summed E-state index contributed by atoms with van der Waals surface area (Å²) in [5, 5.41) is 11.3. The minimum Gasteiger partial charge on any atom is -0.402 e. The van der Waals surface area contributed by atoms with Gasteiger partial charge < -0.3 is 4.74 Å². The van der Waals surface area contributed by atoms with Gasteiger partial charge in [-0.1, -0.05) is 29.8 Å². The first-order chi connectivity index (χ1) is 11.0. The van der Waals surface area contributed by atoms with Crippen LogP contribution in [0.1, 0.15) is 11.1 Å². The van der Waals surface area contributed by atoms with Crippen LogP contribution in [-0.4, -0.2) is 16.8 Å². The number of esters is 1. The molecule has 1 aliphatic rings. The lowest BCUT2D eigenvalue weighted by molar-refractivity contribution is -0.384. The third kappa shape index (κ3) is 3.27. The molecular formula is C16H9ClN2O4. The molecule has 2 aromatic carbocycles. The number of carbonyl (C=O) groups is 1. The number of cyclic esters (lactones) is 1. The average Bonchev–Trinajstić information content (AvgIpc) is 2.89. The number of halogens is 1. The Labute approximate surface area is 135 Å². The van der Waals surface area contributed by atoms with Gasteiger partial charge >= 0.3 is 5.97 Å². The van der Waals surface area contributed by atoms with Crippen LogP contribution in [0.3, 0.4) is 0 Å². The zero-order chi connectivity index (χ0) is 16.4. The molecule has 0 spiro atoms. The molecule has 0 fully saturated rings. The summed E-state index contributed by atoms with van der Waals surface area (Å²) in [5.41, 5.74) is 1.07. The van der Waals surface area contributed by atoms with Crippen molar-refractivity contribution in [3.8, 4) is 0 Å². The number of nitrogens with zero attached hydrogens (tertiary/aromatic N) is 2. The number of rotatable bonds is 3. The number of carbonyl (C=O) groups excluding carboxylic acids is 1. The zero-order valence-electron chi connectivity index (χ0n) is 11.6. The van der Waals surface area contributed by atoms with Crippen LogP contribution in [0.2, 0.25) is 5.02 Å². The lowest BCUT2D eigenvalue weighted by atomic mass is 10.1. The minimum absolute atomic E-state index is 0.0650. The van der Waals surface area contributed by atoms with E-state index in [0.717, 1.165) is 0 Å². The van der Waals surface area contributed by atoms with Crippen LogP contribution in [0.15, 0.2) is 59.2 Å². The zero-order valence-corrected chi connectivity index (χ0v) is 12.4. The Morgan fingerprint density at radius 1 is 1.17 bits per heavy atom. The highest BCUT2D eigenvalue weighted by Gasteiger charge is 2.24. The van der Waals surface area contributed by atoms with Gasteiger partial charge in [-0.3, -0.25) is 10.1 Å². The maximum Gasteiger partial charge on any atom is 0.363 e. The second-order valence-electron chi connectivity index (χ2n) is 4.70. The number of hydrogen-bond acceptors (Lipinski definition) is 5. The Morgan fingerprint density at radius 2 is 1.96 bits per heavy atom. The molecular weight excluding hydrogens is 320 g/mol. The summed E-state index contributed by atoms with van der Waals surface area (Å²) in [5.74, 6) is -0.472. The van der Waals surface area contributed by atoms with Crippen molar-refractivity contribution in [3.05, 3.63) is 80.5 Å². The number of aliphatic imine (C=N–C) groups is 1. The van der Waals surface area contributed by atoms with Crippen LogP contribution < -0.4 is 0 Å². The van der Waals surface area contributed by atoms with E-state index in [-0.39, 0.29) is 17.3 Å². The predicted octanol–water partition coefficient (Wildman–Crippen LogP) is 3.59. The average molecular weight is 329 g/mol. The van der Waals surface area contributed by atoms with E-state index >= 15 is 0 Å². The van der Waals surface area contributed by atoms with Crippen molar-refractivity contribution in [2.75, 3.05) is 0 Å². The molecule has 23 heavy (non-hydrogen) atoms. The molecule has 1 aliphatic heterocycles. The second kappa shape index (κ2) is 6.02. The SMILES string of the molecule is O=C1OC(c2cccc(Cl)c2)=N/C1=C\c1cccc([N+](=O)[O-])c1. The van der Waals surface area contributed by atoms with Crippen molar-refractivity contribution in [2.24, 2.45) is 4.99 Å². The van der Waals surface area contributed by atoms with Gasteiger partial charge in [0, 0.05) is 22.7 Å². The van der Waals surface area contributed by atoms with Crippen LogP contribution in [0.5, 0.6) is 0 Å². The highest BCUT2D eigenvalue weighted by Crippen LogP contribution is 2.22. The summed E-state index contributed by atoms with van der Waals surface area (Å²) in [6.07, 6.45) is 1.44. The Hall–Kier alpha value is -2.99. The van der Waals surface area contributed by atoms with Gasteiger partial charge in [-0.25, -0.2) is 9.79 Å². The van der Waals surface area contributed by atoms with Gasteiger partial charge in [0.15, 0.2) is 5.70 Å². The van der Waals surface area contributed by atoms with E-state index in [1.54, 1.807) is 30.3 Å². The summed E-state index contributed by atoms with van der Waals surface area (Å²) in [6.45, 7) is 0. The van der Waals surface area contributed by atoms with E-state index in [4.69, 9.17) is 16.3 Å². The van der Waals surface area contributed by atoms with E-state index < -0.39 is 10.9 Å². The van der Waals surface area contributed by atoms with Crippen LogP contribution in [-0.2, 0) is 9.53 Å². The van der Waals surface area contributed by atoms with E-state index in [9.17, 15) is 14.9 Å². The van der Waals surface area contributed by atoms with Crippen LogP contribution in [0.4, 0.5) is 5.69 Å². The van der Waals surface area contributed by atoms with Crippen LogP contribution in [0.25, 0.3) is 6.08 Å². The number of ether oxygens (including phenoxy) is 1. The summed E-state index contributed by atoms with van der Waals surface area (Å²) in [7, 11) is 0. The van der Waals surface area contributed by atoms with Crippen molar-refractivity contribution in [1.29, 1.82) is 0 Å². The fourth-order valence-electron chi connectivity index (χ4n) is 2.04. The smallest absolute Gasteiger partial charge is 0.363 e. The quantitative estimate of drug-likeness (QED) is 0.373. The third-order valence-corrected chi connectivity index (χ3v) is 3.31. The Balaban J connectivity index is 1.95. The van der Waals surface area contributed by atoms with E-state index in [2.05, 4.69) is 4.99 Å². The van der Waals surface area contributed by atoms with Gasteiger partial charge in [0.05, 0.1) is 4.92 Å². The molecule has 0 aromatic heterocycles. The fraction of sp³-hybridized carbons (Fsp3) is 0. The molecule has 6 nitrogen and oxygen atoms in total. The Morgan fingerprint density at radius 3 is 2.70 bits per heavy atom. The third-order valence-electron chi connectivity index (χ3n) is 3.08. The van der Waals surface area contributed by atoms with Gasteiger partial charge in [0.1, 0.15) is 0 Å². The number of benzene rings is 2. The molecule has 0 N–H and O–H groups in total. The number of non-ortho nitro benzene ring substituents is 1. The normalized spacial score (nSPS) is 15.4. The van der Waals surface area contributed by atoms with Crippen molar-refractivity contribution in [2.45, 2.75) is 0 Å². The Kier molecular flexibility index (Phi) is 3.91. The number of nitro groups is 1. The van der Waals surface area contributed by atoms with Gasteiger partial charge in [0.2, 0.25) is 5.90 Å². The van der Waals surface area contributed by atoms with Crippen molar-refractivity contribution in [3.63, 3.8) is 0 Å². The van der Waals surface area contributed by atoms with Gasteiger partial charge in [0.25, 0.3) is 5.69 Å². The highest BCUT2D eigenvalue weighted by atomic mass is 35.5. The molecule has 114 valence electrons. The lowest BCUT2D eigenvalue weighted by Crippen LogP contribution is -2.05. The van der Waals surface area contributed by atoms with Crippen LogP contribution in [0, 0.1) is 10.1 Å². The molecule has 0 aliphatic carbocycles. The fourth-order valence-corrected chi connectivity index (χ4v) is 2.23. The van der Waals surface area contributed by atoms with Gasteiger partial charge in [-0.2, -0.15) is 0 Å². The molecule has 0 saturated carbocycles. The molecule has 0 unspecified atom stereocenters. The van der Waals surface area contributed by atoms with Crippen LogP contribution >= 0.6 is 11.6 Å². The lowest BCUT2D eigenvalue weighted by Gasteiger charge is -1.98. The molecule has 7 heteroatoms. The molecule has 0 radical (unpaired) electrons. The second-order valence-corrected chi connectivity index (χ2v) is 5.13. The minimum atomic E-state index is -0.619. The van der Waals surface area contributed by atoms with E-state index in [0.29, 0.717) is 16.1 Å². The van der Waals surface area contributed by atoms with Crippen molar-refractivity contribution >= 4 is 35.2 Å². The summed E-state index contributed by atoms with van der Waals surface area (Å²) in [4.78, 5) is 26.3. The summed E-state index contributed by atoms with van der Waals surface area (Å²) < 4.78 is 5.12. The first-order valence-corrected chi connectivity index (χ1v) is 6.94. The summed E-state index contributed by atoms with van der Waals surface area (Å²) in [6, 6.07) is 12.7. The number of hydrogen-bond donors (Lipinski definition) is 0. The standard InChI is InChI=1S/C16H9ClN2O4/c17-12-5-2-4-11(9-12)15-18-14(16(20)23-15)8-10-3-1-6-13(7-10)19(21)22/h1-9H/b14-8-. The first-order valence-electron chi connectivity index (χ1n) is 6.56. The molecule has 0 saturated heterocycles. The first kappa shape index (κ1) is 14.9. The molecule has 0 atom stereocenters. The van der Waals surface area contributed by atoms with E-state index in [1.807, 2.05) is 0 Å². The maximum absolute atomic E-state index is 11.9. The Bertz CT molecular complexity index is 874. The maximum atomic E-state index is 11.9. The number of nitro benzene ring substituents is 1. The molecule has 0 bridgehead atoms. The largest absolute Gasteiger partial charge is 0.402 e. The van der Waals surface area contributed by atoms with Crippen molar-refractivity contribution < 1.29 is 14.5 Å².